The maximum absolute atomic E-state index is 12.1. The highest BCUT2D eigenvalue weighted by Crippen LogP contribution is 2.20. The van der Waals surface area contributed by atoms with Gasteiger partial charge in [-0.2, -0.15) is 15.0 Å². The molecule has 2 rings (SSSR count). The first-order valence-corrected chi connectivity index (χ1v) is 8.03. The van der Waals surface area contributed by atoms with Crippen LogP contribution in [0.4, 0.5) is 10.7 Å². The molecule has 0 aliphatic heterocycles. The Morgan fingerprint density at radius 3 is 2.50 bits per heavy atom. The van der Waals surface area contributed by atoms with Crippen LogP contribution in [0.3, 0.4) is 0 Å². The maximum Gasteiger partial charge on any atom is 0.335 e. The summed E-state index contributed by atoms with van der Waals surface area (Å²) in [5.41, 5.74) is 0. The predicted molar refractivity (Wildman–Crippen MR) is 86.9 cm³/mol. The number of ether oxygens (including phenoxy) is 1. The van der Waals surface area contributed by atoms with Crippen molar-refractivity contribution >= 4 is 33.6 Å². The number of amides is 2. The fourth-order valence-corrected chi connectivity index (χ4v) is 3.00. The highest BCUT2D eigenvalue weighted by atomic mass is 35.5. The molecule has 0 bridgehead atoms. The molecule has 1 aromatic carbocycles. The number of halogens is 1. The van der Waals surface area contributed by atoms with Gasteiger partial charge < -0.3 is 10.9 Å². The first-order chi connectivity index (χ1) is 10.8. The lowest BCUT2D eigenvalue weighted by molar-refractivity contribution is 0.256. The van der Waals surface area contributed by atoms with Crippen molar-refractivity contribution in [3.8, 4) is 6.01 Å². The van der Waals surface area contributed by atoms with E-state index < -0.39 is 16.1 Å². The Labute approximate surface area is 143 Å². The van der Waals surface area contributed by atoms with Crippen molar-refractivity contribution in [3.05, 3.63) is 35.1 Å². The van der Waals surface area contributed by atoms with Crippen LogP contribution in [0.2, 0.25) is 5.02 Å². The van der Waals surface area contributed by atoms with Crippen LogP contribution in [0.5, 0.6) is 6.01 Å². The molecule has 2 amide bonds. The van der Waals surface area contributed by atoms with Crippen LogP contribution in [0, 0.1) is 6.92 Å². The standard InChI is InChI=1S/C12H12ClN5O4S.H3N/c1-7-14-10(17-12(15-7)22-2)16-11(19)18-23(20,21)9-6-4-3-5-8(9)13;/h3-6H,1-2H3,(H2,14,15,16,17,18,19);1H3. The number of aromatic nitrogens is 3. The Morgan fingerprint density at radius 1 is 1.21 bits per heavy atom. The number of urea groups is 1. The fourth-order valence-electron chi connectivity index (χ4n) is 1.57. The van der Waals surface area contributed by atoms with E-state index >= 15 is 0 Å². The topological polar surface area (TPSA) is 158 Å². The largest absolute Gasteiger partial charge is 0.467 e. The number of carbonyl (C=O) groups is 1. The second kappa shape index (κ2) is 7.86. The second-order valence-corrected chi connectivity index (χ2v) is 6.24. The number of aryl methyl sites for hydroxylation is 1. The summed E-state index contributed by atoms with van der Waals surface area (Å²) < 4.78 is 30.9. The van der Waals surface area contributed by atoms with E-state index in [1.165, 1.54) is 25.3 Å². The third kappa shape index (κ3) is 4.75. The molecule has 0 aliphatic rings. The van der Waals surface area contributed by atoms with Crippen molar-refractivity contribution in [3.63, 3.8) is 0 Å². The van der Waals surface area contributed by atoms with Gasteiger partial charge in [-0.3, -0.25) is 5.32 Å². The minimum absolute atomic E-state index is 0. The van der Waals surface area contributed by atoms with Gasteiger partial charge in [0, 0.05) is 0 Å². The smallest absolute Gasteiger partial charge is 0.335 e. The molecule has 0 atom stereocenters. The van der Waals surface area contributed by atoms with Crippen molar-refractivity contribution in [2.45, 2.75) is 11.8 Å². The summed E-state index contributed by atoms with van der Waals surface area (Å²) >= 11 is 5.81. The zero-order valence-electron chi connectivity index (χ0n) is 12.8. The number of carbonyl (C=O) groups excluding carboxylic acids is 1. The second-order valence-electron chi connectivity index (χ2n) is 4.18. The maximum atomic E-state index is 12.1. The van der Waals surface area contributed by atoms with E-state index in [9.17, 15) is 13.2 Å². The summed E-state index contributed by atoms with van der Waals surface area (Å²) in [5.74, 6) is 0.141. The lowest BCUT2D eigenvalue weighted by Crippen LogP contribution is -2.35. The van der Waals surface area contributed by atoms with Gasteiger partial charge in [-0.15, -0.1) is 0 Å². The zero-order chi connectivity index (χ0) is 17.0. The molecule has 2 aromatic rings. The van der Waals surface area contributed by atoms with E-state index in [0.29, 0.717) is 5.82 Å². The summed E-state index contributed by atoms with van der Waals surface area (Å²) in [7, 11) is -2.78. The number of sulfonamides is 1. The summed E-state index contributed by atoms with van der Waals surface area (Å²) in [6.45, 7) is 1.56. The van der Waals surface area contributed by atoms with Gasteiger partial charge >= 0.3 is 12.0 Å². The first-order valence-electron chi connectivity index (χ1n) is 6.17. The van der Waals surface area contributed by atoms with Gasteiger partial charge in [0.1, 0.15) is 10.7 Å². The molecular formula is C12H15ClN6O4S. The van der Waals surface area contributed by atoms with E-state index in [1.54, 1.807) is 13.0 Å². The van der Waals surface area contributed by atoms with E-state index in [0.717, 1.165) is 0 Å². The Bertz CT molecular complexity index is 845. The van der Waals surface area contributed by atoms with Crippen molar-refractivity contribution in [1.29, 1.82) is 0 Å². The average Bonchev–Trinajstić information content (AvgIpc) is 2.46. The number of benzene rings is 1. The molecular weight excluding hydrogens is 360 g/mol. The molecule has 0 aliphatic carbocycles. The number of methoxy groups -OCH3 is 1. The SMILES string of the molecule is COc1nc(C)nc(NC(=O)NS(=O)(=O)c2ccccc2Cl)n1.N. The molecule has 1 heterocycles. The molecule has 5 N–H and O–H groups in total. The number of hydrogen-bond donors (Lipinski definition) is 3. The monoisotopic (exact) mass is 374 g/mol. The molecule has 0 saturated heterocycles. The van der Waals surface area contributed by atoms with Gasteiger partial charge in [0.05, 0.1) is 12.1 Å². The van der Waals surface area contributed by atoms with Crippen molar-refractivity contribution < 1.29 is 17.9 Å². The predicted octanol–water partition coefficient (Wildman–Crippen LogP) is 1.51. The molecule has 0 unspecified atom stereocenters. The molecule has 0 saturated carbocycles. The van der Waals surface area contributed by atoms with Gasteiger partial charge in [0.15, 0.2) is 0 Å². The van der Waals surface area contributed by atoms with Crippen LogP contribution in [0.25, 0.3) is 0 Å². The van der Waals surface area contributed by atoms with E-state index in [2.05, 4.69) is 20.3 Å². The lowest BCUT2D eigenvalue weighted by atomic mass is 10.4. The molecule has 0 fully saturated rings. The van der Waals surface area contributed by atoms with Crippen LogP contribution in [0.1, 0.15) is 5.82 Å². The Balaban J connectivity index is 0.00000288. The summed E-state index contributed by atoms with van der Waals surface area (Å²) in [4.78, 5) is 23.1. The summed E-state index contributed by atoms with van der Waals surface area (Å²) in [5, 5.41) is 2.18. The molecule has 0 radical (unpaired) electrons. The van der Waals surface area contributed by atoms with Crippen LogP contribution < -0.4 is 20.9 Å². The molecule has 10 nitrogen and oxygen atoms in total. The third-order valence-electron chi connectivity index (χ3n) is 2.49. The minimum Gasteiger partial charge on any atom is -0.467 e. The summed E-state index contributed by atoms with van der Waals surface area (Å²) in [6, 6.07) is 4.67. The van der Waals surface area contributed by atoms with Crippen molar-refractivity contribution in [2.75, 3.05) is 12.4 Å². The average molecular weight is 375 g/mol. The van der Waals surface area contributed by atoms with Gasteiger partial charge in [-0.05, 0) is 19.1 Å². The number of hydrogen-bond acceptors (Lipinski definition) is 8. The van der Waals surface area contributed by atoms with Gasteiger partial charge in [-0.25, -0.2) is 17.9 Å². The van der Waals surface area contributed by atoms with Gasteiger partial charge in [0.25, 0.3) is 10.0 Å². The molecule has 0 spiro atoms. The molecule has 24 heavy (non-hydrogen) atoms. The molecule has 1 aromatic heterocycles. The van der Waals surface area contributed by atoms with E-state index in [4.69, 9.17) is 16.3 Å². The first kappa shape index (κ1) is 19.5. The van der Waals surface area contributed by atoms with Crippen LogP contribution in [-0.4, -0.2) is 36.5 Å². The normalized spacial score (nSPS) is 10.5. The fraction of sp³-hybridized carbons (Fsp3) is 0.167. The van der Waals surface area contributed by atoms with E-state index in [-0.39, 0.29) is 28.0 Å². The number of nitrogens with zero attached hydrogens (tertiary/aromatic N) is 3. The van der Waals surface area contributed by atoms with Crippen molar-refractivity contribution in [2.24, 2.45) is 0 Å². The zero-order valence-corrected chi connectivity index (χ0v) is 14.3. The summed E-state index contributed by atoms with van der Waals surface area (Å²) in [6.07, 6.45) is 0. The number of anilines is 1. The Kier molecular flexibility index (Phi) is 6.40. The number of rotatable bonds is 4. The minimum atomic E-state index is -4.13. The Morgan fingerprint density at radius 2 is 1.88 bits per heavy atom. The van der Waals surface area contributed by atoms with Crippen LogP contribution in [0.15, 0.2) is 29.2 Å². The van der Waals surface area contributed by atoms with Gasteiger partial charge in [0.2, 0.25) is 5.95 Å². The van der Waals surface area contributed by atoms with Crippen molar-refractivity contribution in [1.82, 2.24) is 25.8 Å². The van der Waals surface area contributed by atoms with Crippen LogP contribution in [-0.2, 0) is 10.0 Å². The lowest BCUT2D eigenvalue weighted by Gasteiger charge is -2.09. The molecule has 12 heteroatoms. The Hall–Kier alpha value is -2.50. The highest BCUT2D eigenvalue weighted by molar-refractivity contribution is 7.90. The van der Waals surface area contributed by atoms with Crippen LogP contribution >= 0.6 is 11.6 Å². The highest BCUT2D eigenvalue weighted by Gasteiger charge is 2.21. The quantitative estimate of drug-likeness (QED) is 0.726. The third-order valence-corrected chi connectivity index (χ3v) is 4.32. The number of nitrogens with one attached hydrogen (secondary N) is 2. The molecule has 130 valence electrons. The van der Waals surface area contributed by atoms with Gasteiger partial charge in [-0.1, -0.05) is 23.7 Å². The van der Waals surface area contributed by atoms with E-state index in [1.807, 2.05) is 4.72 Å².